The number of hydrogen-bond acceptors (Lipinski definition) is 5. The van der Waals surface area contributed by atoms with Crippen LogP contribution in [0.4, 0.5) is 10.1 Å². The van der Waals surface area contributed by atoms with Crippen molar-refractivity contribution in [3.63, 3.8) is 0 Å². The molecular weight excluding hydrogens is 385 g/mol. The molecule has 1 N–H and O–H groups in total. The maximum atomic E-state index is 13.2. The fourth-order valence-corrected chi connectivity index (χ4v) is 4.53. The number of nitrogens with one attached hydrogen (secondary N) is 1. The monoisotopic (exact) mass is 399 g/mol. The average Bonchev–Trinajstić information content (AvgIpc) is 3.29. The van der Waals surface area contributed by atoms with E-state index < -0.39 is 0 Å². The van der Waals surface area contributed by atoms with Crippen LogP contribution in [0.2, 0.25) is 0 Å². The second-order valence-corrected chi connectivity index (χ2v) is 7.80. The van der Waals surface area contributed by atoms with E-state index in [0.29, 0.717) is 21.5 Å². The molecule has 8 heteroatoms. The lowest BCUT2D eigenvalue weighted by atomic mass is 10.2. The Kier molecular flexibility index (Phi) is 4.59. The Morgan fingerprint density at radius 3 is 2.89 bits per heavy atom. The lowest BCUT2D eigenvalue weighted by Gasteiger charge is -2.10. The molecule has 0 radical (unpaired) electrons. The quantitative estimate of drug-likeness (QED) is 0.557. The molecule has 0 unspecified atom stereocenters. The highest BCUT2D eigenvalue weighted by Crippen LogP contribution is 2.33. The number of carbonyl (C=O) groups is 1. The van der Waals surface area contributed by atoms with E-state index in [1.54, 1.807) is 18.3 Å². The molecule has 1 amide bonds. The second-order valence-electron chi connectivity index (χ2n) is 5.99. The Hall–Kier alpha value is -2.84. The van der Waals surface area contributed by atoms with Crippen molar-refractivity contribution in [3.8, 4) is 10.4 Å². The van der Waals surface area contributed by atoms with E-state index in [1.165, 1.54) is 40.4 Å². The molecule has 0 saturated heterocycles. The summed E-state index contributed by atoms with van der Waals surface area (Å²) in [4.78, 5) is 31.2. The summed E-state index contributed by atoms with van der Waals surface area (Å²) >= 11 is 2.96. The molecular formula is C19H14FN3O2S2. The van der Waals surface area contributed by atoms with Crippen molar-refractivity contribution in [2.75, 3.05) is 5.32 Å². The summed E-state index contributed by atoms with van der Waals surface area (Å²) in [5.74, 6) is -0.740. The van der Waals surface area contributed by atoms with Gasteiger partial charge in [-0.3, -0.25) is 14.2 Å². The van der Waals surface area contributed by atoms with Crippen LogP contribution in [0, 0.1) is 12.7 Å². The molecule has 0 saturated carbocycles. The van der Waals surface area contributed by atoms with Crippen molar-refractivity contribution >= 4 is 44.5 Å². The van der Waals surface area contributed by atoms with Gasteiger partial charge in [-0.2, -0.15) is 0 Å². The molecule has 0 aliphatic rings. The molecule has 3 aromatic heterocycles. The topological polar surface area (TPSA) is 64.0 Å². The maximum Gasteiger partial charge on any atom is 0.263 e. The fourth-order valence-electron chi connectivity index (χ4n) is 2.81. The molecule has 0 spiro atoms. The second kappa shape index (κ2) is 7.05. The van der Waals surface area contributed by atoms with Crippen molar-refractivity contribution in [2.45, 2.75) is 13.5 Å². The van der Waals surface area contributed by atoms with Gasteiger partial charge in [0.05, 0.1) is 11.7 Å². The Bertz CT molecular complexity index is 1200. The van der Waals surface area contributed by atoms with E-state index in [-0.39, 0.29) is 23.8 Å². The average molecular weight is 399 g/mol. The van der Waals surface area contributed by atoms with Gasteiger partial charge in [-0.25, -0.2) is 9.37 Å². The van der Waals surface area contributed by atoms with E-state index in [9.17, 15) is 14.0 Å². The van der Waals surface area contributed by atoms with E-state index in [1.807, 2.05) is 22.9 Å². The fraction of sp³-hybridized carbons (Fsp3) is 0.105. The lowest BCUT2D eigenvalue weighted by molar-refractivity contribution is -0.116. The summed E-state index contributed by atoms with van der Waals surface area (Å²) < 4.78 is 14.5. The molecule has 0 aliphatic heterocycles. The smallest absolute Gasteiger partial charge is 0.263 e. The Morgan fingerprint density at radius 2 is 2.15 bits per heavy atom. The first-order valence-electron chi connectivity index (χ1n) is 8.09. The Morgan fingerprint density at radius 1 is 1.30 bits per heavy atom. The predicted molar refractivity (Wildman–Crippen MR) is 107 cm³/mol. The first-order valence-corrected chi connectivity index (χ1v) is 9.85. The minimum atomic E-state index is -0.374. The van der Waals surface area contributed by atoms with Gasteiger partial charge in [0.2, 0.25) is 5.91 Å². The molecule has 27 heavy (non-hydrogen) atoms. The van der Waals surface area contributed by atoms with Gasteiger partial charge >= 0.3 is 0 Å². The SMILES string of the molecule is Cc1cc(F)ccc1NC(=O)Cn1cnc2scc(-c3cccs3)c2c1=O. The molecule has 0 aliphatic carbocycles. The lowest BCUT2D eigenvalue weighted by Crippen LogP contribution is -2.28. The van der Waals surface area contributed by atoms with Crippen LogP contribution >= 0.6 is 22.7 Å². The maximum absolute atomic E-state index is 13.2. The van der Waals surface area contributed by atoms with E-state index in [0.717, 1.165) is 10.4 Å². The summed E-state index contributed by atoms with van der Waals surface area (Å²) in [6.07, 6.45) is 1.39. The van der Waals surface area contributed by atoms with Gasteiger partial charge in [0, 0.05) is 21.5 Å². The van der Waals surface area contributed by atoms with E-state index in [2.05, 4.69) is 10.3 Å². The van der Waals surface area contributed by atoms with Gasteiger partial charge in [-0.1, -0.05) is 6.07 Å². The number of benzene rings is 1. The van der Waals surface area contributed by atoms with Gasteiger partial charge in [0.15, 0.2) is 0 Å². The number of hydrogen-bond donors (Lipinski definition) is 1. The molecule has 3 heterocycles. The van der Waals surface area contributed by atoms with Crippen molar-refractivity contribution in [2.24, 2.45) is 0 Å². The van der Waals surface area contributed by atoms with Crippen molar-refractivity contribution in [3.05, 3.63) is 69.2 Å². The molecule has 4 aromatic rings. The zero-order valence-corrected chi connectivity index (χ0v) is 15.9. The third-order valence-corrected chi connectivity index (χ3v) is 5.91. The van der Waals surface area contributed by atoms with Gasteiger partial charge in [0.1, 0.15) is 17.2 Å². The summed E-state index contributed by atoms with van der Waals surface area (Å²) in [6, 6.07) is 8.00. The van der Waals surface area contributed by atoms with Gasteiger partial charge in [-0.05, 0) is 42.1 Å². The van der Waals surface area contributed by atoms with Gasteiger partial charge in [0.25, 0.3) is 5.56 Å². The number of fused-ring (bicyclic) bond motifs is 1. The van der Waals surface area contributed by atoms with Crippen molar-refractivity contribution < 1.29 is 9.18 Å². The molecule has 1 aromatic carbocycles. The van der Waals surface area contributed by atoms with Crippen LogP contribution in [0.3, 0.4) is 0 Å². The first kappa shape index (κ1) is 17.6. The van der Waals surface area contributed by atoms with Crippen LogP contribution in [0.15, 0.2) is 52.2 Å². The molecule has 5 nitrogen and oxygen atoms in total. The number of halogens is 1. The van der Waals surface area contributed by atoms with Crippen LogP contribution in [0.5, 0.6) is 0 Å². The largest absolute Gasteiger partial charge is 0.324 e. The Balaban J connectivity index is 1.64. The van der Waals surface area contributed by atoms with Crippen LogP contribution in [-0.4, -0.2) is 15.5 Å². The normalized spacial score (nSPS) is 11.0. The zero-order chi connectivity index (χ0) is 19.0. The molecule has 4 rings (SSSR count). The van der Waals surface area contributed by atoms with Crippen LogP contribution in [-0.2, 0) is 11.3 Å². The van der Waals surface area contributed by atoms with Crippen LogP contribution in [0.1, 0.15) is 5.56 Å². The minimum Gasteiger partial charge on any atom is -0.324 e. The van der Waals surface area contributed by atoms with Gasteiger partial charge < -0.3 is 5.32 Å². The van der Waals surface area contributed by atoms with Crippen LogP contribution < -0.4 is 10.9 Å². The molecule has 0 fully saturated rings. The predicted octanol–water partition coefficient (Wildman–Crippen LogP) is 4.27. The number of amides is 1. The number of thiophene rings is 2. The van der Waals surface area contributed by atoms with Crippen LogP contribution in [0.25, 0.3) is 20.7 Å². The van der Waals surface area contributed by atoms with Crippen molar-refractivity contribution in [1.29, 1.82) is 0 Å². The summed E-state index contributed by atoms with van der Waals surface area (Å²) in [5, 5.41) is 7.10. The highest BCUT2D eigenvalue weighted by atomic mass is 32.1. The number of rotatable bonds is 4. The van der Waals surface area contributed by atoms with Crippen molar-refractivity contribution in [1.82, 2.24) is 9.55 Å². The zero-order valence-electron chi connectivity index (χ0n) is 14.2. The number of aromatic nitrogens is 2. The highest BCUT2D eigenvalue weighted by molar-refractivity contribution is 7.18. The summed E-state index contributed by atoms with van der Waals surface area (Å²) in [6.45, 7) is 1.54. The third-order valence-electron chi connectivity index (χ3n) is 4.12. The van der Waals surface area contributed by atoms with Gasteiger partial charge in [-0.15, -0.1) is 22.7 Å². The minimum absolute atomic E-state index is 0.168. The van der Waals surface area contributed by atoms with E-state index in [4.69, 9.17) is 0 Å². The highest BCUT2D eigenvalue weighted by Gasteiger charge is 2.15. The summed E-state index contributed by atoms with van der Waals surface area (Å²) in [7, 11) is 0. The number of nitrogens with zero attached hydrogens (tertiary/aromatic N) is 2. The molecule has 0 atom stereocenters. The number of anilines is 1. The molecule has 136 valence electrons. The first-order chi connectivity index (χ1) is 13.0. The standard InChI is InChI=1S/C19H14FN3O2S2/c1-11-7-12(20)4-5-14(11)22-16(24)8-23-10-21-18-17(19(23)25)13(9-27-18)15-3-2-6-26-15/h2-7,9-10H,8H2,1H3,(H,22,24). The number of aryl methyl sites for hydroxylation is 1. The summed E-state index contributed by atoms with van der Waals surface area (Å²) in [5.41, 5.74) is 1.71. The number of carbonyl (C=O) groups excluding carboxylic acids is 1. The van der Waals surface area contributed by atoms with E-state index >= 15 is 0 Å². The molecule has 0 bridgehead atoms. The Labute approximate surface area is 161 Å². The third kappa shape index (κ3) is 3.41.